The number of halogens is 1. The van der Waals surface area contributed by atoms with Crippen LogP contribution in [0.5, 0.6) is 0 Å². The van der Waals surface area contributed by atoms with Gasteiger partial charge in [0.2, 0.25) is 0 Å². The van der Waals surface area contributed by atoms with E-state index < -0.39 is 0 Å². The lowest BCUT2D eigenvalue weighted by Gasteiger charge is -2.33. The summed E-state index contributed by atoms with van der Waals surface area (Å²) < 4.78 is 0.908. The number of anilines is 1. The number of amides is 1. The van der Waals surface area contributed by atoms with Crippen LogP contribution in [0.2, 0.25) is 0 Å². The second-order valence-corrected chi connectivity index (χ2v) is 9.83. The average Bonchev–Trinajstić information content (AvgIpc) is 2.90. The standard InChI is InChI=1S/C20H21IN2OS/c1-20(2,3)12-8-9-13-15(11-22)19(25-17(13)10-12)23-18(24)14-6-4-5-7-16(14)21/h4-7,12H,8-10H2,1-3H3,(H,23,24)/t12-/m1/s1. The topological polar surface area (TPSA) is 52.9 Å². The van der Waals surface area contributed by atoms with Gasteiger partial charge >= 0.3 is 0 Å². The number of hydrogen-bond donors (Lipinski definition) is 1. The summed E-state index contributed by atoms with van der Waals surface area (Å²) in [6, 6.07) is 9.81. The Morgan fingerprint density at radius 2 is 2.08 bits per heavy atom. The predicted octanol–water partition coefficient (Wildman–Crippen LogP) is 5.63. The fourth-order valence-electron chi connectivity index (χ4n) is 3.35. The van der Waals surface area contributed by atoms with Gasteiger partial charge in [0, 0.05) is 8.45 Å². The lowest BCUT2D eigenvalue weighted by molar-refractivity contribution is 0.102. The first-order chi connectivity index (χ1) is 11.8. The first-order valence-corrected chi connectivity index (χ1v) is 10.3. The van der Waals surface area contributed by atoms with Crippen molar-refractivity contribution in [1.82, 2.24) is 0 Å². The Morgan fingerprint density at radius 1 is 1.36 bits per heavy atom. The minimum Gasteiger partial charge on any atom is -0.312 e. The van der Waals surface area contributed by atoms with Crippen LogP contribution in [0.3, 0.4) is 0 Å². The maximum Gasteiger partial charge on any atom is 0.257 e. The van der Waals surface area contributed by atoms with E-state index in [4.69, 9.17) is 0 Å². The molecule has 1 aliphatic rings. The van der Waals surface area contributed by atoms with E-state index in [1.807, 2.05) is 24.3 Å². The molecule has 3 rings (SSSR count). The molecule has 0 unspecified atom stereocenters. The van der Waals surface area contributed by atoms with E-state index in [0.717, 1.165) is 28.4 Å². The van der Waals surface area contributed by atoms with Crippen LogP contribution in [0.15, 0.2) is 24.3 Å². The highest BCUT2D eigenvalue weighted by atomic mass is 127. The van der Waals surface area contributed by atoms with Crippen LogP contribution in [0, 0.1) is 26.2 Å². The summed E-state index contributed by atoms with van der Waals surface area (Å²) in [5.41, 5.74) is 2.71. The van der Waals surface area contributed by atoms with Gasteiger partial charge < -0.3 is 5.32 Å². The van der Waals surface area contributed by atoms with E-state index in [1.165, 1.54) is 4.88 Å². The maximum absolute atomic E-state index is 12.6. The van der Waals surface area contributed by atoms with Gasteiger partial charge in [-0.1, -0.05) is 32.9 Å². The molecule has 1 aromatic heterocycles. The van der Waals surface area contributed by atoms with Crippen LogP contribution >= 0.6 is 33.9 Å². The van der Waals surface area contributed by atoms with Gasteiger partial charge in [0.1, 0.15) is 11.1 Å². The van der Waals surface area contributed by atoms with Crippen LogP contribution in [0.1, 0.15) is 53.6 Å². The minimum atomic E-state index is -0.146. The second kappa shape index (κ2) is 7.08. The summed E-state index contributed by atoms with van der Waals surface area (Å²) in [6.07, 6.45) is 3.03. The van der Waals surface area contributed by atoms with Crippen LogP contribution in [0.4, 0.5) is 5.00 Å². The zero-order chi connectivity index (χ0) is 18.2. The molecule has 2 aromatic rings. The second-order valence-electron chi connectivity index (χ2n) is 7.56. The largest absolute Gasteiger partial charge is 0.312 e. The third-order valence-electron chi connectivity index (χ3n) is 4.95. The summed E-state index contributed by atoms with van der Waals surface area (Å²) in [6.45, 7) is 6.84. The summed E-state index contributed by atoms with van der Waals surface area (Å²) in [7, 11) is 0. The maximum atomic E-state index is 12.6. The van der Waals surface area contributed by atoms with Crippen molar-refractivity contribution < 1.29 is 4.79 Å². The van der Waals surface area contributed by atoms with Crippen molar-refractivity contribution in [2.24, 2.45) is 11.3 Å². The molecular weight excluding hydrogens is 443 g/mol. The molecule has 1 aromatic carbocycles. The van der Waals surface area contributed by atoms with Crippen molar-refractivity contribution in [2.45, 2.75) is 40.0 Å². The SMILES string of the molecule is CC(C)(C)[C@@H]1CCc2c(sc(NC(=O)c3ccccc3I)c2C#N)C1. The normalized spacial score (nSPS) is 16.8. The quantitative estimate of drug-likeness (QED) is 0.586. The Bertz CT molecular complexity index is 858. The number of hydrogen-bond acceptors (Lipinski definition) is 3. The number of nitriles is 1. The van der Waals surface area contributed by atoms with Gasteiger partial charge in [-0.3, -0.25) is 4.79 Å². The van der Waals surface area contributed by atoms with Crippen molar-refractivity contribution in [2.75, 3.05) is 5.32 Å². The summed E-state index contributed by atoms with van der Waals surface area (Å²) in [5, 5.41) is 13.3. The van der Waals surface area contributed by atoms with Gasteiger partial charge in [0.25, 0.3) is 5.91 Å². The smallest absolute Gasteiger partial charge is 0.257 e. The lowest BCUT2D eigenvalue weighted by Crippen LogP contribution is -2.26. The van der Waals surface area contributed by atoms with Crippen LogP contribution in [-0.2, 0) is 12.8 Å². The molecule has 1 N–H and O–H groups in total. The zero-order valence-electron chi connectivity index (χ0n) is 14.6. The number of nitrogens with one attached hydrogen (secondary N) is 1. The van der Waals surface area contributed by atoms with Crippen molar-refractivity contribution >= 4 is 44.8 Å². The predicted molar refractivity (Wildman–Crippen MR) is 111 cm³/mol. The Labute approximate surface area is 166 Å². The third kappa shape index (κ3) is 3.75. The number of thiophene rings is 1. The molecule has 0 saturated carbocycles. The first kappa shape index (κ1) is 18.4. The molecule has 0 spiro atoms. The van der Waals surface area contributed by atoms with E-state index in [2.05, 4.69) is 54.7 Å². The van der Waals surface area contributed by atoms with Crippen LogP contribution in [0.25, 0.3) is 0 Å². The van der Waals surface area contributed by atoms with Gasteiger partial charge in [-0.2, -0.15) is 5.26 Å². The van der Waals surface area contributed by atoms with Gasteiger partial charge in [-0.15, -0.1) is 11.3 Å². The molecule has 130 valence electrons. The van der Waals surface area contributed by atoms with Gasteiger partial charge in [-0.05, 0) is 70.9 Å². The molecule has 3 nitrogen and oxygen atoms in total. The highest BCUT2D eigenvalue weighted by molar-refractivity contribution is 14.1. The molecule has 25 heavy (non-hydrogen) atoms. The van der Waals surface area contributed by atoms with Gasteiger partial charge in [-0.25, -0.2) is 0 Å². The summed E-state index contributed by atoms with van der Waals surface area (Å²) >= 11 is 3.74. The fraction of sp³-hybridized carbons (Fsp3) is 0.400. The van der Waals surface area contributed by atoms with Crippen molar-refractivity contribution in [3.63, 3.8) is 0 Å². The lowest BCUT2D eigenvalue weighted by atomic mass is 9.72. The molecular formula is C20H21IN2OS. The Hall–Kier alpha value is -1.39. The molecule has 0 saturated heterocycles. The first-order valence-electron chi connectivity index (χ1n) is 8.41. The van der Waals surface area contributed by atoms with Crippen LogP contribution < -0.4 is 5.32 Å². The highest BCUT2D eigenvalue weighted by Gasteiger charge is 2.32. The molecule has 1 aliphatic carbocycles. The van der Waals surface area contributed by atoms with E-state index in [0.29, 0.717) is 22.0 Å². The number of fused-ring (bicyclic) bond motifs is 1. The van der Waals surface area contributed by atoms with Crippen LogP contribution in [-0.4, -0.2) is 5.91 Å². The summed E-state index contributed by atoms with van der Waals surface area (Å²) in [5.74, 6) is 0.469. The molecule has 0 radical (unpaired) electrons. The average molecular weight is 464 g/mol. The number of nitrogens with zero attached hydrogens (tertiary/aromatic N) is 1. The van der Waals surface area contributed by atoms with E-state index in [9.17, 15) is 10.1 Å². The molecule has 5 heteroatoms. The van der Waals surface area contributed by atoms with E-state index >= 15 is 0 Å². The highest BCUT2D eigenvalue weighted by Crippen LogP contribution is 2.44. The third-order valence-corrected chi connectivity index (χ3v) is 7.06. The van der Waals surface area contributed by atoms with Crippen molar-refractivity contribution in [1.29, 1.82) is 5.26 Å². The number of benzene rings is 1. The zero-order valence-corrected chi connectivity index (χ0v) is 17.6. The Kier molecular flexibility index (Phi) is 5.21. The molecule has 1 amide bonds. The van der Waals surface area contributed by atoms with E-state index in [-0.39, 0.29) is 11.3 Å². The van der Waals surface area contributed by atoms with Gasteiger partial charge in [0.15, 0.2) is 0 Å². The number of carbonyl (C=O) groups is 1. The Morgan fingerprint density at radius 3 is 2.72 bits per heavy atom. The number of carbonyl (C=O) groups excluding carboxylic acids is 1. The van der Waals surface area contributed by atoms with E-state index in [1.54, 1.807) is 11.3 Å². The molecule has 1 heterocycles. The number of rotatable bonds is 2. The Balaban J connectivity index is 1.89. The molecule has 0 fully saturated rings. The molecule has 1 atom stereocenters. The summed E-state index contributed by atoms with van der Waals surface area (Å²) in [4.78, 5) is 13.9. The monoisotopic (exact) mass is 464 g/mol. The van der Waals surface area contributed by atoms with Crippen molar-refractivity contribution in [3.8, 4) is 6.07 Å². The van der Waals surface area contributed by atoms with Crippen molar-refractivity contribution in [3.05, 3.63) is 49.4 Å². The fourth-order valence-corrected chi connectivity index (χ4v) is 5.25. The molecule has 0 aliphatic heterocycles. The molecule has 0 bridgehead atoms. The van der Waals surface area contributed by atoms with Gasteiger partial charge in [0.05, 0.1) is 11.1 Å². The minimum absolute atomic E-state index is 0.146.